The molecule has 1 aromatic heterocycles. The Morgan fingerprint density at radius 2 is 1.73 bits per heavy atom. The summed E-state index contributed by atoms with van der Waals surface area (Å²) in [6, 6.07) is 10.5. The minimum atomic E-state index is -4.80. The molecule has 0 aliphatic carbocycles. The number of halogens is 3. The van der Waals surface area contributed by atoms with Crippen LogP contribution in [0, 0.1) is 0 Å². The predicted octanol–water partition coefficient (Wildman–Crippen LogP) is 3.60. The molecule has 0 spiro atoms. The van der Waals surface area contributed by atoms with Gasteiger partial charge < -0.3 is 25.5 Å². The normalized spacial score (nSPS) is 11.0. The van der Waals surface area contributed by atoms with Crippen LogP contribution in [0.1, 0.15) is 21.5 Å². The number of rotatable bonds is 8. The van der Waals surface area contributed by atoms with Gasteiger partial charge in [-0.2, -0.15) is 13.2 Å². The Morgan fingerprint density at radius 1 is 1.00 bits per heavy atom. The fraction of sp³-hybridized carbons (Fsp3) is 0.136. The zero-order valence-electron chi connectivity index (χ0n) is 16.9. The minimum absolute atomic E-state index is 0.0412. The van der Waals surface area contributed by atoms with Crippen LogP contribution in [0.15, 0.2) is 65.5 Å². The highest BCUT2D eigenvalue weighted by Crippen LogP contribution is 2.36. The molecule has 1 heterocycles. The average Bonchev–Trinajstić information content (AvgIpc) is 3.28. The Kier molecular flexibility index (Phi) is 7.01. The number of ether oxygens (including phenoxy) is 1. The first-order valence-electron chi connectivity index (χ1n) is 9.46. The van der Waals surface area contributed by atoms with Crippen molar-refractivity contribution < 1.29 is 36.7 Å². The van der Waals surface area contributed by atoms with Gasteiger partial charge in [-0.05, 0) is 42.0 Å². The number of hydrogen-bond donors (Lipinski definition) is 3. The van der Waals surface area contributed by atoms with Crippen LogP contribution in [0.2, 0.25) is 0 Å². The van der Waals surface area contributed by atoms with Crippen molar-refractivity contribution in [1.82, 2.24) is 0 Å². The molecule has 33 heavy (non-hydrogen) atoms. The van der Waals surface area contributed by atoms with Crippen molar-refractivity contribution in [3.05, 3.63) is 77.7 Å². The van der Waals surface area contributed by atoms with E-state index in [4.69, 9.17) is 14.9 Å². The van der Waals surface area contributed by atoms with Crippen molar-refractivity contribution in [2.45, 2.75) is 12.6 Å². The van der Waals surface area contributed by atoms with E-state index in [0.717, 1.165) is 12.3 Å². The molecule has 4 N–H and O–H groups in total. The summed E-state index contributed by atoms with van der Waals surface area (Å²) >= 11 is 0. The van der Waals surface area contributed by atoms with Crippen LogP contribution in [-0.4, -0.2) is 24.3 Å². The van der Waals surface area contributed by atoms with Crippen molar-refractivity contribution in [3.8, 4) is 5.75 Å². The molecule has 0 saturated carbocycles. The molecule has 0 radical (unpaired) electrons. The molecule has 0 aliphatic rings. The van der Waals surface area contributed by atoms with Crippen molar-refractivity contribution in [2.24, 2.45) is 5.73 Å². The molecule has 3 amide bonds. The third-order valence-electron chi connectivity index (χ3n) is 4.31. The van der Waals surface area contributed by atoms with Gasteiger partial charge in [-0.15, -0.1) is 0 Å². The Hall–Kier alpha value is -4.28. The minimum Gasteiger partial charge on any atom is -0.484 e. The van der Waals surface area contributed by atoms with Crippen LogP contribution < -0.4 is 21.1 Å². The third-order valence-corrected chi connectivity index (χ3v) is 4.31. The Labute approximate surface area is 185 Å². The third kappa shape index (κ3) is 6.60. The Bertz CT molecular complexity index is 1140. The van der Waals surface area contributed by atoms with Gasteiger partial charge in [-0.3, -0.25) is 14.4 Å². The fourth-order valence-electron chi connectivity index (χ4n) is 2.80. The van der Waals surface area contributed by atoms with Gasteiger partial charge in [0.05, 0.1) is 29.5 Å². The molecule has 11 heteroatoms. The number of primary amides is 1. The van der Waals surface area contributed by atoms with Crippen molar-refractivity contribution >= 4 is 29.1 Å². The van der Waals surface area contributed by atoms with Crippen LogP contribution in [0.5, 0.6) is 5.75 Å². The molecule has 0 bridgehead atoms. The molecule has 172 valence electrons. The molecular formula is C22H18F3N3O5. The largest absolute Gasteiger partial charge is 0.484 e. The summed E-state index contributed by atoms with van der Waals surface area (Å²) in [5.74, 6) is -1.69. The number of furan rings is 1. The summed E-state index contributed by atoms with van der Waals surface area (Å²) in [6.07, 6.45) is -2.35. The van der Waals surface area contributed by atoms with E-state index in [9.17, 15) is 27.6 Å². The highest BCUT2D eigenvalue weighted by molar-refractivity contribution is 6.04. The lowest BCUT2D eigenvalue weighted by atomic mass is 10.1. The standard InChI is InChI=1S/C22H18F3N3O5/c23-22(24,25)17-10-15(27-21(31)14-7-8-32-11-14)3-6-18(17)28-20(30)12-33-16-4-1-13(2-5-16)9-19(26)29/h1-8,10-11H,9,12H2,(H2,26,29)(H,27,31)(H,28,30). The zero-order chi connectivity index (χ0) is 24.0. The first kappa shape index (κ1) is 23.4. The van der Waals surface area contributed by atoms with Crippen molar-refractivity contribution in [3.63, 3.8) is 0 Å². The van der Waals surface area contributed by atoms with Crippen LogP contribution in [-0.2, 0) is 22.2 Å². The molecule has 0 atom stereocenters. The number of nitrogens with two attached hydrogens (primary N) is 1. The first-order valence-corrected chi connectivity index (χ1v) is 9.46. The van der Waals surface area contributed by atoms with E-state index in [1.807, 2.05) is 0 Å². The van der Waals surface area contributed by atoms with E-state index in [1.165, 1.54) is 30.5 Å². The van der Waals surface area contributed by atoms with E-state index < -0.39 is 41.8 Å². The maximum absolute atomic E-state index is 13.5. The summed E-state index contributed by atoms with van der Waals surface area (Å²) in [4.78, 5) is 35.1. The summed E-state index contributed by atoms with van der Waals surface area (Å²) in [5.41, 5.74) is 4.15. The van der Waals surface area contributed by atoms with Crippen LogP contribution >= 0.6 is 0 Å². The lowest BCUT2D eigenvalue weighted by molar-refractivity contribution is -0.137. The second-order valence-corrected chi connectivity index (χ2v) is 6.85. The number of carbonyl (C=O) groups is 3. The number of benzene rings is 2. The molecule has 0 fully saturated rings. The summed E-state index contributed by atoms with van der Waals surface area (Å²) in [5, 5.41) is 4.50. The fourth-order valence-corrected chi connectivity index (χ4v) is 2.80. The lowest BCUT2D eigenvalue weighted by Gasteiger charge is -2.16. The number of hydrogen-bond acceptors (Lipinski definition) is 5. The zero-order valence-corrected chi connectivity index (χ0v) is 16.9. The van der Waals surface area contributed by atoms with Gasteiger partial charge in [-0.1, -0.05) is 12.1 Å². The lowest BCUT2D eigenvalue weighted by Crippen LogP contribution is -2.22. The van der Waals surface area contributed by atoms with Crippen LogP contribution in [0.25, 0.3) is 0 Å². The SMILES string of the molecule is NC(=O)Cc1ccc(OCC(=O)Nc2ccc(NC(=O)c3ccoc3)cc2C(F)(F)F)cc1. The second-order valence-electron chi connectivity index (χ2n) is 6.85. The van der Waals surface area contributed by atoms with E-state index in [2.05, 4.69) is 10.6 Å². The van der Waals surface area contributed by atoms with Crippen molar-refractivity contribution in [1.29, 1.82) is 0 Å². The number of anilines is 2. The Balaban J connectivity index is 1.65. The molecule has 0 aliphatic heterocycles. The monoisotopic (exact) mass is 461 g/mol. The van der Waals surface area contributed by atoms with Gasteiger partial charge in [-0.25, -0.2) is 0 Å². The highest BCUT2D eigenvalue weighted by atomic mass is 19.4. The van der Waals surface area contributed by atoms with E-state index in [1.54, 1.807) is 12.1 Å². The quantitative estimate of drug-likeness (QED) is 0.473. The molecule has 3 aromatic rings. The highest BCUT2D eigenvalue weighted by Gasteiger charge is 2.34. The molecule has 8 nitrogen and oxygen atoms in total. The van der Waals surface area contributed by atoms with Gasteiger partial charge in [0.1, 0.15) is 12.0 Å². The number of carbonyl (C=O) groups excluding carboxylic acids is 3. The second kappa shape index (κ2) is 9.90. The summed E-state index contributed by atoms with van der Waals surface area (Å²) in [7, 11) is 0. The van der Waals surface area contributed by atoms with E-state index in [-0.39, 0.29) is 23.4 Å². The maximum Gasteiger partial charge on any atom is 0.418 e. The molecule has 2 aromatic carbocycles. The molecule has 0 saturated heterocycles. The van der Waals surface area contributed by atoms with E-state index in [0.29, 0.717) is 11.6 Å². The van der Waals surface area contributed by atoms with E-state index >= 15 is 0 Å². The number of amides is 3. The van der Waals surface area contributed by atoms with Crippen LogP contribution in [0.3, 0.4) is 0 Å². The summed E-state index contributed by atoms with van der Waals surface area (Å²) < 4.78 is 50.6. The van der Waals surface area contributed by atoms with Gasteiger partial charge in [0.2, 0.25) is 5.91 Å². The van der Waals surface area contributed by atoms with Crippen LogP contribution in [0.4, 0.5) is 24.5 Å². The predicted molar refractivity (Wildman–Crippen MR) is 112 cm³/mol. The van der Waals surface area contributed by atoms with Crippen molar-refractivity contribution in [2.75, 3.05) is 17.2 Å². The number of alkyl halides is 3. The topological polar surface area (TPSA) is 124 Å². The first-order chi connectivity index (χ1) is 15.6. The summed E-state index contributed by atoms with van der Waals surface area (Å²) in [6.45, 7) is -0.550. The molecular weight excluding hydrogens is 443 g/mol. The van der Waals surface area contributed by atoms with Gasteiger partial charge in [0.15, 0.2) is 6.61 Å². The smallest absolute Gasteiger partial charge is 0.418 e. The molecule has 0 unspecified atom stereocenters. The van der Waals surface area contributed by atoms with Gasteiger partial charge in [0.25, 0.3) is 11.8 Å². The maximum atomic E-state index is 13.5. The molecule has 3 rings (SSSR count). The number of nitrogens with one attached hydrogen (secondary N) is 2. The van der Waals surface area contributed by atoms with Gasteiger partial charge >= 0.3 is 6.18 Å². The Morgan fingerprint density at radius 3 is 2.33 bits per heavy atom. The average molecular weight is 461 g/mol. The van der Waals surface area contributed by atoms with Gasteiger partial charge in [0, 0.05) is 5.69 Å².